The van der Waals surface area contributed by atoms with Gasteiger partial charge in [0.2, 0.25) is 0 Å². The predicted octanol–water partition coefficient (Wildman–Crippen LogP) is 3.91. The molecule has 2 N–H and O–H groups in total. The van der Waals surface area contributed by atoms with E-state index in [0.717, 1.165) is 5.56 Å². The summed E-state index contributed by atoms with van der Waals surface area (Å²) in [6.45, 7) is 1.97. The van der Waals surface area contributed by atoms with Gasteiger partial charge >= 0.3 is 0 Å². The van der Waals surface area contributed by atoms with E-state index in [-0.39, 0.29) is 11.6 Å². The van der Waals surface area contributed by atoms with Gasteiger partial charge in [-0.05, 0) is 43.3 Å². The van der Waals surface area contributed by atoms with Gasteiger partial charge in [-0.25, -0.2) is 0 Å². The molecule has 0 aliphatic rings. The van der Waals surface area contributed by atoms with Gasteiger partial charge in [-0.15, -0.1) is 0 Å². The van der Waals surface area contributed by atoms with E-state index in [1.165, 1.54) is 25.4 Å². The number of hydrogen-bond acceptors (Lipinski definition) is 5. The molecule has 0 radical (unpaired) electrons. The Kier molecular flexibility index (Phi) is 6.09. The molecule has 3 rings (SSSR count). The summed E-state index contributed by atoms with van der Waals surface area (Å²) >= 11 is 0. The molecule has 1 heterocycles. The molecule has 0 saturated heterocycles. The first-order valence-corrected chi connectivity index (χ1v) is 8.87. The van der Waals surface area contributed by atoms with Gasteiger partial charge in [0.25, 0.3) is 11.8 Å². The Hall–Kier alpha value is -3.87. The molecule has 0 unspecified atom stereocenters. The number of rotatable bonds is 6. The molecular formula is C22H21N3O4. The summed E-state index contributed by atoms with van der Waals surface area (Å²) in [7, 11) is 3.05. The van der Waals surface area contributed by atoms with E-state index in [1.807, 2.05) is 19.1 Å². The number of aryl methyl sites for hydroxylation is 1. The Balaban J connectivity index is 1.75. The smallest absolute Gasteiger partial charge is 0.274 e. The highest BCUT2D eigenvalue weighted by Crippen LogP contribution is 2.29. The summed E-state index contributed by atoms with van der Waals surface area (Å²) in [5.41, 5.74) is 2.67. The van der Waals surface area contributed by atoms with E-state index in [1.54, 1.807) is 37.4 Å². The Bertz CT molecular complexity index is 1030. The fraction of sp³-hybridized carbons (Fsp3) is 0.136. The Morgan fingerprint density at radius 1 is 0.862 bits per heavy atom. The van der Waals surface area contributed by atoms with Crippen LogP contribution in [0.5, 0.6) is 11.5 Å². The topological polar surface area (TPSA) is 89.5 Å². The van der Waals surface area contributed by atoms with Crippen molar-refractivity contribution in [2.45, 2.75) is 6.92 Å². The number of amides is 2. The number of aromatic nitrogens is 1. The molecule has 29 heavy (non-hydrogen) atoms. The van der Waals surface area contributed by atoms with E-state index < -0.39 is 5.91 Å². The first kappa shape index (κ1) is 19.9. The minimum absolute atomic E-state index is 0.139. The third-order valence-electron chi connectivity index (χ3n) is 4.22. The third-order valence-corrected chi connectivity index (χ3v) is 4.22. The van der Waals surface area contributed by atoms with Crippen LogP contribution in [0.3, 0.4) is 0 Å². The molecule has 3 aromatic rings. The molecule has 0 aliphatic heterocycles. The number of benzene rings is 2. The lowest BCUT2D eigenvalue weighted by Crippen LogP contribution is -2.17. The predicted molar refractivity (Wildman–Crippen MR) is 111 cm³/mol. The number of ether oxygens (including phenoxy) is 2. The highest BCUT2D eigenvalue weighted by Gasteiger charge is 2.14. The van der Waals surface area contributed by atoms with E-state index in [0.29, 0.717) is 28.4 Å². The van der Waals surface area contributed by atoms with Gasteiger partial charge in [-0.1, -0.05) is 17.7 Å². The zero-order valence-corrected chi connectivity index (χ0v) is 16.4. The molecule has 0 saturated carbocycles. The summed E-state index contributed by atoms with van der Waals surface area (Å²) in [5.74, 6) is 0.286. The highest BCUT2D eigenvalue weighted by atomic mass is 16.5. The molecule has 0 atom stereocenters. The van der Waals surface area contributed by atoms with Crippen molar-refractivity contribution in [3.63, 3.8) is 0 Å². The zero-order chi connectivity index (χ0) is 20.8. The number of carbonyl (C=O) groups excluding carboxylic acids is 2. The zero-order valence-electron chi connectivity index (χ0n) is 16.4. The van der Waals surface area contributed by atoms with Crippen molar-refractivity contribution in [1.82, 2.24) is 4.98 Å². The minimum atomic E-state index is -0.398. The summed E-state index contributed by atoms with van der Waals surface area (Å²) in [4.78, 5) is 29.2. The molecule has 0 fully saturated rings. The van der Waals surface area contributed by atoms with E-state index in [4.69, 9.17) is 9.47 Å². The quantitative estimate of drug-likeness (QED) is 0.665. The second-order valence-corrected chi connectivity index (χ2v) is 6.27. The molecular weight excluding hydrogens is 370 g/mol. The number of hydrogen-bond donors (Lipinski definition) is 2. The second kappa shape index (κ2) is 8.88. The fourth-order valence-corrected chi connectivity index (χ4v) is 2.62. The van der Waals surface area contributed by atoms with E-state index in [9.17, 15) is 9.59 Å². The Morgan fingerprint density at radius 2 is 1.62 bits per heavy atom. The molecule has 2 amide bonds. The van der Waals surface area contributed by atoms with Crippen LogP contribution < -0.4 is 20.1 Å². The lowest BCUT2D eigenvalue weighted by atomic mass is 10.2. The number of pyridine rings is 1. The number of carbonyl (C=O) groups is 2. The van der Waals surface area contributed by atoms with Crippen LogP contribution >= 0.6 is 0 Å². The number of nitrogens with zero attached hydrogens (tertiary/aromatic N) is 1. The van der Waals surface area contributed by atoms with Crippen molar-refractivity contribution in [3.8, 4) is 11.5 Å². The number of methoxy groups -OCH3 is 2. The molecule has 1 aromatic heterocycles. The Morgan fingerprint density at radius 3 is 2.31 bits per heavy atom. The molecule has 0 bridgehead atoms. The van der Waals surface area contributed by atoms with Gasteiger partial charge in [0.15, 0.2) is 0 Å². The van der Waals surface area contributed by atoms with Gasteiger partial charge in [0.1, 0.15) is 17.2 Å². The van der Waals surface area contributed by atoms with Crippen molar-refractivity contribution >= 4 is 23.2 Å². The van der Waals surface area contributed by atoms with Crippen molar-refractivity contribution < 1.29 is 19.1 Å². The molecule has 0 spiro atoms. The van der Waals surface area contributed by atoms with Gasteiger partial charge < -0.3 is 20.1 Å². The molecule has 2 aromatic carbocycles. The van der Waals surface area contributed by atoms with Crippen LogP contribution in [0.25, 0.3) is 0 Å². The lowest BCUT2D eigenvalue weighted by Gasteiger charge is -2.12. The normalized spacial score (nSPS) is 10.2. The van der Waals surface area contributed by atoms with Crippen molar-refractivity contribution in [3.05, 3.63) is 77.6 Å². The standard InChI is InChI=1S/C22H21N3O4/c1-14-4-6-16(7-5-14)24-22(27)19-12-15(10-11-23-19)21(26)25-18-9-8-17(28-2)13-20(18)29-3/h4-13H,1-3H3,(H,24,27)(H,25,26). The lowest BCUT2D eigenvalue weighted by molar-refractivity contribution is 0.102. The van der Waals surface area contributed by atoms with E-state index >= 15 is 0 Å². The van der Waals surface area contributed by atoms with Crippen LogP contribution in [0.4, 0.5) is 11.4 Å². The van der Waals surface area contributed by atoms with Crippen LogP contribution in [0, 0.1) is 6.92 Å². The fourth-order valence-electron chi connectivity index (χ4n) is 2.62. The first-order chi connectivity index (χ1) is 14.0. The third kappa shape index (κ3) is 4.90. The van der Waals surface area contributed by atoms with Crippen LogP contribution in [0.2, 0.25) is 0 Å². The molecule has 7 heteroatoms. The van der Waals surface area contributed by atoms with E-state index in [2.05, 4.69) is 15.6 Å². The average Bonchev–Trinajstić information content (AvgIpc) is 2.75. The van der Waals surface area contributed by atoms with Crippen LogP contribution in [0.15, 0.2) is 60.8 Å². The monoisotopic (exact) mass is 391 g/mol. The van der Waals surface area contributed by atoms with Crippen molar-refractivity contribution in [1.29, 1.82) is 0 Å². The summed E-state index contributed by atoms with van der Waals surface area (Å²) in [6.07, 6.45) is 1.42. The van der Waals surface area contributed by atoms with Crippen LogP contribution in [-0.2, 0) is 0 Å². The maximum absolute atomic E-state index is 12.6. The molecule has 0 aliphatic carbocycles. The Labute approximate surface area is 168 Å². The SMILES string of the molecule is COc1ccc(NC(=O)c2ccnc(C(=O)Nc3ccc(C)cc3)c2)c(OC)c1. The maximum atomic E-state index is 12.6. The number of nitrogens with one attached hydrogen (secondary N) is 2. The van der Waals surface area contributed by atoms with Crippen LogP contribution in [-0.4, -0.2) is 31.0 Å². The van der Waals surface area contributed by atoms with Gasteiger partial charge in [-0.2, -0.15) is 0 Å². The van der Waals surface area contributed by atoms with Crippen molar-refractivity contribution in [2.24, 2.45) is 0 Å². The maximum Gasteiger partial charge on any atom is 0.274 e. The molecule has 7 nitrogen and oxygen atoms in total. The highest BCUT2D eigenvalue weighted by molar-refractivity contribution is 6.08. The van der Waals surface area contributed by atoms with Gasteiger partial charge in [0, 0.05) is 23.5 Å². The first-order valence-electron chi connectivity index (χ1n) is 8.87. The minimum Gasteiger partial charge on any atom is -0.497 e. The summed E-state index contributed by atoms with van der Waals surface area (Å²) in [5, 5.41) is 5.54. The largest absolute Gasteiger partial charge is 0.497 e. The molecule has 148 valence electrons. The van der Waals surface area contributed by atoms with Crippen molar-refractivity contribution in [2.75, 3.05) is 24.9 Å². The van der Waals surface area contributed by atoms with Gasteiger partial charge in [0.05, 0.1) is 19.9 Å². The summed E-state index contributed by atoms with van der Waals surface area (Å²) in [6, 6.07) is 15.4. The summed E-state index contributed by atoms with van der Waals surface area (Å²) < 4.78 is 10.4. The second-order valence-electron chi connectivity index (χ2n) is 6.27. The average molecular weight is 391 g/mol. The van der Waals surface area contributed by atoms with Gasteiger partial charge in [-0.3, -0.25) is 14.6 Å². The van der Waals surface area contributed by atoms with Crippen LogP contribution in [0.1, 0.15) is 26.4 Å². The number of anilines is 2.